The van der Waals surface area contributed by atoms with Crippen molar-refractivity contribution in [2.24, 2.45) is 11.1 Å². The number of nitrogens with zero attached hydrogens (tertiary/aromatic N) is 1. The summed E-state index contributed by atoms with van der Waals surface area (Å²) >= 11 is 5.01. The van der Waals surface area contributed by atoms with Crippen molar-refractivity contribution in [1.29, 1.82) is 0 Å². The standard InChI is InChI=1S/C9H19N3O2S2/c1-3-11-16(13,14)12-6-4-9(2,5-7-12)8(10)15/h11H,3-7H2,1-2H3,(H2,10,15). The molecule has 0 radical (unpaired) electrons. The van der Waals surface area contributed by atoms with Gasteiger partial charge in [-0.1, -0.05) is 26.1 Å². The van der Waals surface area contributed by atoms with Crippen LogP contribution >= 0.6 is 12.2 Å². The highest BCUT2D eigenvalue weighted by molar-refractivity contribution is 7.87. The minimum Gasteiger partial charge on any atom is -0.393 e. The van der Waals surface area contributed by atoms with E-state index in [0.29, 0.717) is 37.5 Å². The summed E-state index contributed by atoms with van der Waals surface area (Å²) in [5.41, 5.74) is 5.46. The van der Waals surface area contributed by atoms with E-state index in [2.05, 4.69) is 4.72 Å². The molecule has 1 aliphatic heterocycles. The predicted octanol–water partition coefficient (Wildman–Crippen LogP) is 0.229. The van der Waals surface area contributed by atoms with Crippen LogP contribution in [0.5, 0.6) is 0 Å². The Morgan fingerprint density at radius 1 is 1.50 bits per heavy atom. The fourth-order valence-electron chi connectivity index (χ4n) is 1.74. The number of thiocarbonyl (C=S) groups is 1. The van der Waals surface area contributed by atoms with Gasteiger partial charge in [0.2, 0.25) is 0 Å². The van der Waals surface area contributed by atoms with Crippen LogP contribution in [-0.4, -0.2) is 37.3 Å². The smallest absolute Gasteiger partial charge is 0.279 e. The first-order chi connectivity index (χ1) is 7.32. The van der Waals surface area contributed by atoms with E-state index >= 15 is 0 Å². The maximum absolute atomic E-state index is 11.7. The molecular formula is C9H19N3O2S2. The van der Waals surface area contributed by atoms with Gasteiger partial charge in [0.15, 0.2) is 0 Å². The van der Waals surface area contributed by atoms with Crippen molar-refractivity contribution in [2.75, 3.05) is 19.6 Å². The third-order valence-corrected chi connectivity index (χ3v) is 5.28. The molecule has 0 unspecified atom stereocenters. The Bertz CT molecular complexity index is 359. The molecular weight excluding hydrogens is 246 g/mol. The minimum absolute atomic E-state index is 0.201. The highest BCUT2D eigenvalue weighted by atomic mass is 32.2. The molecule has 1 saturated heterocycles. The van der Waals surface area contributed by atoms with Gasteiger partial charge in [0, 0.05) is 25.0 Å². The van der Waals surface area contributed by atoms with Crippen LogP contribution in [0.3, 0.4) is 0 Å². The fourth-order valence-corrected chi connectivity index (χ4v) is 3.15. The Morgan fingerprint density at radius 2 is 2.00 bits per heavy atom. The molecule has 1 fully saturated rings. The lowest BCUT2D eigenvalue weighted by Gasteiger charge is -2.37. The molecule has 1 aliphatic rings. The van der Waals surface area contributed by atoms with Crippen LogP contribution in [0, 0.1) is 5.41 Å². The van der Waals surface area contributed by atoms with Gasteiger partial charge in [-0.15, -0.1) is 0 Å². The van der Waals surface area contributed by atoms with Gasteiger partial charge in [-0.05, 0) is 12.8 Å². The first-order valence-corrected chi connectivity index (χ1v) is 7.21. The van der Waals surface area contributed by atoms with Gasteiger partial charge in [-0.3, -0.25) is 0 Å². The Morgan fingerprint density at radius 3 is 2.38 bits per heavy atom. The van der Waals surface area contributed by atoms with Crippen LogP contribution in [-0.2, 0) is 10.2 Å². The molecule has 16 heavy (non-hydrogen) atoms. The number of nitrogens with two attached hydrogens (primary N) is 1. The third-order valence-electron chi connectivity index (χ3n) is 3.09. The maximum atomic E-state index is 11.7. The lowest BCUT2D eigenvalue weighted by atomic mass is 9.81. The van der Waals surface area contributed by atoms with Gasteiger partial charge in [-0.25, -0.2) is 4.72 Å². The van der Waals surface area contributed by atoms with Crippen molar-refractivity contribution >= 4 is 27.4 Å². The van der Waals surface area contributed by atoms with E-state index in [9.17, 15) is 8.42 Å². The number of hydrogen-bond acceptors (Lipinski definition) is 3. The maximum Gasteiger partial charge on any atom is 0.279 e. The van der Waals surface area contributed by atoms with Gasteiger partial charge >= 0.3 is 0 Å². The lowest BCUT2D eigenvalue weighted by Crippen LogP contribution is -2.49. The van der Waals surface area contributed by atoms with Crippen molar-refractivity contribution in [2.45, 2.75) is 26.7 Å². The second-order valence-corrected chi connectivity index (χ2v) is 6.52. The highest BCUT2D eigenvalue weighted by Gasteiger charge is 2.36. The first-order valence-electron chi connectivity index (χ1n) is 5.36. The predicted molar refractivity (Wildman–Crippen MR) is 68.3 cm³/mol. The number of rotatable bonds is 4. The van der Waals surface area contributed by atoms with E-state index in [0.717, 1.165) is 0 Å². The zero-order valence-corrected chi connectivity index (χ0v) is 11.3. The molecule has 1 heterocycles. The average Bonchev–Trinajstić information content (AvgIpc) is 2.18. The summed E-state index contributed by atoms with van der Waals surface area (Å²) in [6, 6.07) is 0. The summed E-state index contributed by atoms with van der Waals surface area (Å²) < 4.78 is 27.4. The van der Waals surface area contributed by atoms with Crippen molar-refractivity contribution in [3.8, 4) is 0 Å². The van der Waals surface area contributed by atoms with Crippen LogP contribution in [0.15, 0.2) is 0 Å². The third kappa shape index (κ3) is 2.91. The SMILES string of the molecule is CCNS(=O)(=O)N1CCC(C)(C(N)=S)CC1. The summed E-state index contributed by atoms with van der Waals surface area (Å²) in [6.45, 7) is 5.12. The summed E-state index contributed by atoms with van der Waals surface area (Å²) in [5.74, 6) is 0. The Hall–Kier alpha value is -0.240. The van der Waals surface area contributed by atoms with Crippen molar-refractivity contribution in [1.82, 2.24) is 9.03 Å². The Labute approximate surface area is 103 Å². The first kappa shape index (κ1) is 13.8. The molecule has 1 rings (SSSR count). The van der Waals surface area contributed by atoms with Crippen LogP contribution in [0.2, 0.25) is 0 Å². The molecule has 0 atom stereocenters. The fraction of sp³-hybridized carbons (Fsp3) is 0.889. The van der Waals surface area contributed by atoms with Crippen molar-refractivity contribution in [3.63, 3.8) is 0 Å². The molecule has 0 aromatic carbocycles. The Balaban J connectivity index is 2.66. The zero-order chi connectivity index (χ0) is 12.4. The second kappa shape index (κ2) is 4.95. The molecule has 0 bridgehead atoms. The monoisotopic (exact) mass is 265 g/mol. The van der Waals surface area contributed by atoms with E-state index < -0.39 is 10.2 Å². The van der Waals surface area contributed by atoms with Crippen LogP contribution in [0.25, 0.3) is 0 Å². The van der Waals surface area contributed by atoms with E-state index in [1.54, 1.807) is 6.92 Å². The Kier molecular flexibility index (Phi) is 4.28. The lowest BCUT2D eigenvalue weighted by molar-refractivity contribution is 0.242. The summed E-state index contributed by atoms with van der Waals surface area (Å²) in [6.07, 6.45) is 1.37. The minimum atomic E-state index is -3.31. The van der Waals surface area contributed by atoms with Gasteiger partial charge < -0.3 is 5.73 Å². The summed E-state index contributed by atoms with van der Waals surface area (Å²) in [5, 5.41) is 0. The average molecular weight is 265 g/mol. The molecule has 94 valence electrons. The normalized spacial score (nSPS) is 21.9. The van der Waals surface area contributed by atoms with Crippen LogP contribution in [0.4, 0.5) is 0 Å². The van der Waals surface area contributed by atoms with Crippen molar-refractivity contribution < 1.29 is 8.42 Å². The number of hydrogen-bond donors (Lipinski definition) is 2. The molecule has 3 N–H and O–H groups in total. The highest BCUT2D eigenvalue weighted by Crippen LogP contribution is 2.31. The molecule has 0 amide bonds. The van der Waals surface area contributed by atoms with Crippen molar-refractivity contribution in [3.05, 3.63) is 0 Å². The topological polar surface area (TPSA) is 75.4 Å². The molecule has 0 aromatic heterocycles. The summed E-state index contributed by atoms with van der Waals surface area (Å²) in [4.78, 5) is 0.480. The van der Waals surface area contributed by atoms with E-state index in [4.69, 9.17) is 18.0 Å². The van der Waals surface area contributed by atoms with E-state index in [1.807, 2.05) is 6.92 Å². The van der Waals surface area contributed by atoms with Gasteiger partial charge in [-0.2, -0.15) is 12.7 Å². The van der Waals surface area contributed by atoms with Gasteiger partial charge in [0.1, 0.15) is 0 Å². The molecule has 0 aromatic rings. The van der Waals surface area contributed by atoms with Crippen LogP contribution in [0.1, 0.15) is 26.7 Å². The molecule has 7 heteroatoms. The molecule has 0 spiro atoms. The quantitative estimate of drug-likeness (QED) is 0.714. The van der Waals surface area contributed by atoms with Gasteiger partial charge in [0.25, 0.3) is 10.2 Å². The van der Waals surface area contributed by atoms with E-state index in [1.165, 1.54) is 4.31 Å². The molecule has 5 nitrogen and oxygen atoms in total. The van der Waals surface area contributed by atoms with Crippen LogP contribution < -0.4 is 10.5 Å². The second-order valence-electron chi connectivity index (χ2n) is 4.33. The number of piperidine rings is 1. The largest absolute Gasteiger partial charge is 0.393 e. The van der Waals surface area contributed by atoms with E-state index in [-0.39, 0.29) is 5.41 Å². The van der Waals surface area contributed by atoms with Gasteiger partial charge in [0.05, 0.1) is 4.99 Å². The summed E-state index contributed by atoms with van der Waals surface area (Å²) in [7, 11) is -3.31. The zero-order valence-electron chi connectivity index (χ0n) is 9.69. The number of nitrogens with one attached hydrogen (secondary N) is 1. The molecule has 0 aliphatic carbocycles. The molecule has 0 saturated carbocycles.